The molecule has 2 rings (SSSR count). The Morgan fingerprint density at radius 1 is 1.20 bits per heavy atom. The molecular formula is C16H21NO3. The Morgan fingerprint density at radius 2 is 1.85 bits per heavy atom. The van der Waals surface area contributed by atoms with Gasteiger partial charge in [-0.3, -0.25) is 9.59 Å². The van der Waals surface area contributed by atoms with Gasteiger partial charge in [-0.15, -0.1) is 0 Å². The quantitative estimate of drug-likeness (QED) is 0.867. The molecular weight excluding hydrogens is 254 g/mol. The highest BCUT2D eigenvalue weighted by Crippen LogP contribution is 2.32. The SMILES string of the molecule is CCCc1ccc(NC(=O)[C@@H]2CCC[C@@H]2C(=O)O)cc1. The Morgan fingerprint density at radius 3 is 2.45 bits per heavy atom. The second-order valence-corrected chi connectivity index (χ2v) is 5.42. The maximum atomic E-state index is 12.2. The van der Waals surface area contributed by atoms with E-state index in [1.54, 1.807) is 0 Å². The molecule has 1 fully saturated rings. The van der Waals surface area contributed by atoms with E-state index < -0.39 is 17.8 Å². The number of nitrogens with one attached hydrogen (secondary N) is 1. The summed E-state index contributed by atoms with van der Waals surface area (Å²) in [7, 11) is 0. The number of aliphatic carboxylic acids is 1. The van der Waals surface area contributed by atoms with E-state index in [-0.39, 0.29) is 5.91 Å². The summed E-state index contributed by atoms with van der Waals surface area (Å²) in [6.07, 6.45) is 4.19. The van der Waals surface area contributed by atoms with Gasteiger partial charge in [-0.2, -0.15) is 0 Å². The lowest BCUT2D eigenvalue weighted by Gasteiger charge is -2.15. The molecule has 0 radical (unpaired) electrons. The first kappa shape index (κ1) is 14.6. The number of rotatable bonds is 5. The number of amides is 1. The van der Waals surface area contributed by atoms with Gasteiger partial charge in [-0.1, -0.05) is 31.9 Å². The lowest BCUT2D eigenvalue weighted by molar-refractivity contribution is -0.145. The van der Waals surface area contributed by atoms with Crippen LogP contribution in [0.2, 0.25) is 0 Å². The van der Waals surface area contributed by atoms with Crippen LogP contribution in [0.4, 0.5) is 5.69 Å². The van der Waals surface area contributed by atoms with Gasteiger partial charge in [0.2, 0.25) is 5.91 Å². The molecule has 0 saturated heterocycles. The number of aryl methyl sites for hydroxylation is 1. The van der Waals surface area contributed by atoms with Crippen LogP contribution in [0.15, 0.2) is 24.3 Å². The summed E-state index contributed by atoms with van der Waals surface area (Å²) in [6, 6.07) is 7.77. The van der Waals surface area contributed by atoms with Gasteiger partial charge in [-0.05, 0) is 37.0 Å². The summed E-state index contributed by atoms with van der Waals surface area (Å²) in [5.74, 6) is -1.96. The van der Waals surface area contributed by atoms with Gasteiger partial charge in [0.15, 0.2) is 0 Å². The molecule has 108 valence electrons. The fourth-order valence-corrected chi connectivity index (χ4v) is 2.85. The molecule has 2 atom stereocenters. The highest BCUT2D eigenvalue weighted by atomic mass is 16.4. The van der Waals surface area contributed by atoms with Crippen LogP contribution in [0.3, 0.4) is 0 Å². The number of carbonyl (C=O) groups excluding carboxylic acids is 1. The monoisotopic (exact) mass is 275 g/mol. The fraction of sp³-hybridized carbons (Fsp3) is 0.500. The molecule has 1 aromatic carbocycles. The van der Waals surface area contributed by atoms with Gasteiger partial charge in [-0.25, -0.2) is 0 Å². The first-order chi connectivity index (χ1) is 9.61. The van der Waals surface area contributed by atoms with E-state index in [0.717, 1.165) is 24.9 Å². The third kappa shape index (κ3) is 3.38. The molecule has 0 aromatic heterocycles. The van der Waals surface area contributed by atoms with Gasteiger partial charge in [0.05, 0.1) is 11.8 Å². The number of carboxylic acids is 1. The number of anilines is 1. The molecule has 4 heteroatoms. The zero-order valence-corrected chi connectivity index (χ0v) is 11.8. The van der Waals surface area contributed by atoms with Crippen LogP contribution in [0.1, 0.15) is 38.2 Å². The van der Waals surface area contributed by atoms with Gasteiger partial charge >= 0.3 is 5.97 Å². The molecule has 0 aliphatic heterocycles. The number of carbonyl (C=O) groups is 2. The second-order valence-electron chi connectivity index (χ2n) is 5.42. The van der Waals surface area contributed by atoms with E-state index in [4.69, 9.17) is 5.11 Å². The number of hydrogen-bond acceptors (Lipinski definition) is 2. The van der Waals surface area contributed by atoms with Crippen molar-refractivity contribution in [2.45, 2.75) is 39.0 Å². The van der Waals surface area contributed by atoms with Crippen LogP contribution >= 0.6 is 0 Å². The third-order valence-electron chi connectivity index (χ3n) is 3.93. The minimum atomic E-state index is -0.860. The van der Waals surface area contributed by atoms with Gasteiger partial charge in [0.25, 0.3) is 0 Å². The zero-order valence-electron chi connectivity index (χ0n) is 11.8. The Kier molecular flexibility index (Phi) is 4.77. The van der Waals surface area contributed by atoms with Crippen molar-refractivity contribution in [3.8, 4) is 0 Å². The molecule has 1 aromatic rings. The summed E-state index contributed by atoms with van der Waals surface area (Å²) < 4.78 is 0. The summed E-state index contributed by atoms with van der Waals surface area (Å²) in [6.45, 7) is 2.13. The fourth-order valence-electron chi connectivity index (χ4n) is 2.85. The topological polar surface area (TPSA) is 66.4 Å². The van der Waals surface area contributed by atoms with Gasteiger partial charge in [0.1, 0.15) is 0 Å². The van der Waals surface area contributed by atoms with E-state index in [1.165, 1.54) is 5.56 Å². The second kappa shape index (κ2) is 6.55. The van der Waals surface area contributed by atoms with Crippen LogP contribution in [-0.2, 0) is 16.0 Å². The van der Waals surface area contributed by atoms with Crippen molar-refractivity contribution in [3.63, 3.8) is 0 Å². The molecule has 0 bridgehead atoms. The van der Waals surface area contributed by atoms with Crippen LogP contribution < -0.4 is 5.32 Å². The lowest BCUT2D eigenvalue weighted by Crippen LogP contribution is -2.29. The van der Waals surface area contributed by atoms with Crippen molar-refractivity contribution in [2.24, 2.45) is 11.8 Å². The van der Waals surface area contributed by atoms with Gasteiger partial charge in [0, 0.05) is 5.69 Å². The molecule has 0 spiro atoms. The summed E-state index contributed by atoms with van der Waals surface area (Å²) >= 11 is 0. The largest absolute Gasteiger partial charge is 0.481 e. The van der Waals surface area contributed by atoms with Crippen molar-refractivity contribution in [3.05, 3.63) is 29.8 Å². The molecule has 1 amide bonds. The van der Waals surface area contributed by atoms with Crippen molar-refractivity contribution in [2.75, 3.05) is 5.32 Å². The van der Waals surface area contributed by atoms with E-state index in [1.807, 2.05) is 24.3 Å². The first-order valence-corrected chi connectivity index (χ1v) is 7.24. The lowest BCUT2D eigenvalue weighted by atomic mass is 9.95. The molecule has 1 aliphatic carbocycles. The Bertz CT molecular complexity index is 481. The van der Waals surface area contributed by atoms with E-state index in [2.05, 4.69) is 12.2 Å². The molecule has 20 heavy (non-hydrogen) atoms. The number of benzene rings is 1. The average molecular weight is 275 g/mol. The highest BCUT2D eigenvalue weighted by molar-refractivity contribution is 5.95. The average Bonchev–Trinajstić information content (AvgIpc) is 2.91. The minimum absolute atomic E-state index is 0.168. The predicted molar refractivity (Wildman–Crippen MR) is 77.5 cm³/mol. The van der Waals surface area contributed by atoms with Crippen LogP contribution in [0.25, 0.3) is 0 Å². The number of carboxylic acid groups (broad SMARTS) is 1. The first-order valence-electron chi connectivity index (χ1n) is 7.24. The molecule has 0 heterocycles. The van der Waals surface area contributed by atoms with E-state index in [9.17, 15) is 9.59 Å². The van der Waals surface area contributed by atoms with E-state index in [0.29, 0.717) is 12.8 Å². The molecule has 4 nitrogen and oxygen atoms in total. The third-order valence-corrected chi connectivity index (χ3v) is 3.93. The van der Waals surface area contributed by atoms with Crippen molar-refractivity contribution >= 4 is 17.6 Å². The summed E-state index contributed by atoms with van der Waals surface area (Å²) in [5.41, 5.74) is 1.99. The number of hydrogen-bond donors (Lipinski definition) is 2. The van der Waals surface area contributed by atoms with Crippen LogP contribution in [-0.4, -0.2) is 17.0 Å². The van der Waals surface area contributed by atoms with Crippen molar-refractivity contribution in [1.29, 1.82) is 0 Å². The molecule has 1 aliphatic rings. The van der Waals surface area contributed by atoms with Crippen LogP contribution in [0.5, 0.6) is 0 Å². The van der Waals surface area contributed by atoms with Crippen molar-refractivity contribution in [1.82, 2.24) is 0 Å². The Labute approximate surface area is 119 Å². The van der Waals surface area contributed by atoms with Crippen molar-refractivity contribution < 1.29 is 14.7 Å². The Balaban J connectivity index is 1.98. The Hall–Kier alpha value is -1.84. The zero-order chi connectivity index (χ0) is 14.5. The normalized spacial score (nSPS) is 21.6. The van der Waals surface area contributed by atoms with Gasteiger partial charge < -0.3 is 10.4 Å². The van der Waals surface area contributed by atoms with E-state index >= 15 is 0 Å². The molecule has 1 saturated carbocycles. The maximum Gasteiger partial charge on any atom is 0.307 e. The smallest absolute Gasteiger partial charge is 0.307 e. The predicted octanol–water partition coefficient (Wildman–Crippen LogP) is 3.08. The maximum absolute atomic E-state index is 12.2. The standard InChI is InChI=1S/C16H21NO3/c1-2-4-11-7-9-12(10-8-11)17-15(18)13-5-3-6-14(13)16(19)20/h7-10,13-14H,2-6H2,1H3,(H,17,18)(H,19,20)/t13-,14+/m1/s1. The molecule has 2 N–H and O–H groups in total. The summed E-state index contributed by atoms with van der Waals surface area (Å²) in [5, 5.41) is 11.9. The minimum Gasteiger partial charge on any atom is -0.481 e. The highest BCUT2D eigenvalue weighted by Gasteiger charge is 2.37. The summed E-state index contributed by atoms with van der Waals surface area (Å²) in [4.78, 5) is 23.3. The van der Waals surface area contributed by atoms with Crippen LogP contribution in [0, 0.1) is 11.8 Å². The molecule has 0 unspecified atom stereocenters.